The Morgan fingerprint density at radius 3 is 1.33 bits per heavy atom. The molecule has 0 fully saturated rings. The van der Waals surface area contributed by atoms with E-state index in [1.807, 2.05) is 11.3 Å². The Morgan fingerprint density at radius 2 is 0.712 bits per heavy atom. The lowest BCUT2D eigenvalue weighted by Gasteiger charge is -2.20. The first-order chi connectivity index (χ1) is 32.8. The molecule has 2 heteroatoms. The van der Waals surface area contributed by atoms with Crippen LogP contribution in [0.1, 0.15) is 0 Å². The fourth-order valence-corrected chi connectivity index (χ4v) is 12.4. The van der Waals surface area contributed by atoms with E-state index >= 15 is 0 Å². The van der Waals surface area contributed by atoms with Crippen LogP contribution < -0.4 is 0 Å². The van der Waals surface area contributed by atoms with Crippen molar-refractivity contribution in [1.29, 1.82) is 0 Å². The van der Waals surface area contributed by atoms with Crippen LogP contribution in [0.25, 0.3) is 135 Å². The fourth-order valence-electron chi connectivity index (χ4n) is 11.2. The Bertz CT molecular complexity index is 4160. The highest BCUT2D eigenvalue weighted by Gasteiger charge is 2.23. The highest BCUT2D eigenvalue weighted by atomic mass is 32.1. The zero-order valence-electron chi connectivity index (χ0n) is 35.9. The van der Waals surface area contributed by atoms with Crippen molar-refractivity contribution in [2.24, 2.45) is 0 Å². The zero-order chi connectivity index (χ0) is 43.3. The number of fused-ring (bicyclic) bond motifs is 10. The van der Waals surface area contributed by atoms with Gasteiger partial charge >= 0.3 is 0 Å². The summed E-state index contributed by atoms with van der Waals surface area (Å²) in [6.45, 7) is 0. The lowest BCUT2D eigenvalue weighted by molar-refractivity contribution is 1.21. The number of nitrogens with zero attached hydrogens (tertiary/aromatic N) is 1. The van der Waals surface area contributed by atoms with Gasteiger partial charge in [-0.15, -0.1) is 11.3 Å². The van der Waals surface area contributed by atoms with Gasteiger partial charge in [0.25, 0.3) is 0 Å². The third kappa shape index (κ3) is 5.46. The maximum absolute atomic E-state index is 2.52. The van der Waals surface area contributed by atoms with Crippen LogP contribution in [0.2, 0.25) is 0 Å². The van der Waals surface area contributed by atoms with E-state index in [1.54, 1.807) is 0 Å². The molecule has 1 nitrogen and oxygen atoms in total. The molecule has 306 valence electrons. The molecule has 0 spiro atoms. The molecule has 66 heavy (non-hydrogen) atoms. The molecule has 0 aliphatic rings. The van der Waals surface area contributed by atoms with Crippen molar-refractivity contribution in [3.8, 4) is 50.2 Å². The van der Waals surface area contributed by atoms with E-state index < -0.39 is 0 Å². The van der Waals surface area contributed by atoms with Crippen molar-refractivity contribution in [2.75, 3.05) is 0 Å². The van der Waals surface area contributed by atoms with Crippen molar-refractivity contribution in [2.45, 2.75) is 0 Å². The van der Waals surface area contributed by atoms with Crippen LogP contribution in [0.4, 0.5) is 0 Å². The van der Waals surface area contributed by atoms with Crippen LogP contribution in [0.5, 0.6) is 0 Å². The lowest BCUT2D eigenvalue weighted by Crippen LogP contribution is -1.99. The van der Waals surface area contributed by atoms with E-state index in [9.17, 15) is 0 Å². The molecule has 0 bridgehead atoms. The normalized spacial score (nSPS) is 11.9. The second-order valence-electron chi connectivity index (χ2n) is 17.5. The fraction of sp³-hybridized carbons (Fsp3) is 0. The average Bonchev–Trinajstić information content (AvgIpc) is 3.93. The molecule has 2 aromatic heterocycles. The minimum absolute atomic E-state index is 1.21. The highest BCUT2D eigenvalue weighted by Crippen LogP contribution is 2.50. The predicted molar refractivity (Wildman–Crippen MR) is 285 cm³/mol. The van der Waals surface area contributed by atoms with Gasteiger partial charge in [-0.05, 0) is 102 Å². The Labute approximate surface area is 385 Å². The minimum atomic E-state index is 1.21. The zero-order valence-corrected chi connectivity index (χ0v) is 36.7. The van der Waals surface area contributed by atoms with Gasteiger partial charge in [0, 0.05) is 47.3 Å². The first-order valence-corrected chi connectivity index (χ1v) is 23.6. The first kappa shape index (κ1) is 37.1. The van der Waals surface area contributed by atoms with Crippen LogP contribution in [-0.2, 0) is 0 Å². The molecule has 0 unspecified atom stereocenters. The van der Waals surface area contributed by atoms with Crippen LogP contribution in [0, 0.1) is 0 Å². The van der Waals surface area contributed by atoms with Gasteiger partial charge in [-0.1, -0.05) is 206 Å². The van der Waals surface area contributed by atoms with Gasteiger partial charge in [-0.2, -0.15) is 0 Å². The molecule has 0 aliphatic heterocycles. The van der Waals surface area contributed by atoms with E-state index in [1.165, 1.54) is 135 Å². The SMILES string of the molecule is c1ccc(-c2ccc3c(c2)c2ccccc2n3-c2c3ccccc3c(-c3cccc4c3sc3ccc(-c5c6ccccc6c(-c6ccccc6)c6ccccc56)cc34)c3ccccc23)cc1. The van der Waals surface area contributed by atoms with Gasteiger partial charge in [-0.3, -0.25) is 0 Å². The average molecular weight is 854 g/mol. The molecule has 0 amide bonds. The van der Waals surface area contributed by atoms with E-state index in [-0.39, 0.29) is 0 Å². The van der Waals surface area contributed by atoms with Gasteiger partial charge in [0.2, 0.25) is 0 Å². The predicted octanol–water partition coefficient (Wildman–Crippen LogP) is 18.4. The van der Waals surface area contributed by atoms with E-state index in [2.05, 4.69) is 241 Å². The number of hydrogen-bond acceptors (Lipinski definition) is 1. The Kier molecular flexibility index (Phi) is 8.22. The number of aromatic nitrogens is 1. The summed E-state index contributed by atoms with van der Waals surface area (Å²) in [5.74, 6) is 0. The Hall–Kier alpha value is -8.30. The molecule has 0 N–H and O–H groups in total. The molecule has 12 aromatic carbocycles. The van der Waals surface area contributed by atoms with Crippen LogP contribution in [0.3, 0.4) is 0 Å². The summed E-state index contributed by atoms with van der Waals surface area (Å²) in [5.41, 5.74) is 13.7. The second kappa shape index (κ2) is 14.6. The van der Waals surface area contributed by atoms with Crippen molar-refractivity contribution < 1.29 is 0 Å². The smallest absolute Gasteiger partial charge is 0.0619 e. The third-order valence-electron chi connectivity index (χ3n) is 14.0. The summed E-state index contributed by atoms with van der Waals surface area (Å²) in [4.78, 5) is 0. The molecule has 0 saturated carbocycles. The molecular formula is C64H39NS. The number of hydrogen-bond donors (Lipinski definition) is 0. The topological polar surface area (TPSA) is 4.93 Å². The summed E-state index contributed by atoms with van der Waals surface area (Å²) in [6.07, 6.45) is 0. The van der Waals surface area contributed by atoms with Crippen LogP contribution >= 0.6 is 11.3 Å². The highest BCUT2D eigenvalue weighted by molar-refractivity contribution is 7.26. The summed E-state index contributed by atoms with van der Waals surface area (Å²) in [6, 6.07) is 87.6. The standard InChI is InChI=1S/C64H39NS/c1-3-18-40(19-4-1)42-34-36-58-55(38-42)44-22-15-16-33-57(44)65(58)63-51-29-13-11-27-49(51)62(50-28-12-14-30-52(50)63)54-32-17-31-53-56-39-43(35-37-59(56)66-64(53)54)61-47-25-9-7-23-45(47)60(41-20-5-2-6-21-41)46-24-8-10-26-48(46)61/h1-39H. The lowest BCUT2D eigenvalue weighted by atomic mass is 9.85. The van der Waals surface area contributed by atoms with Gasteiger partial charge in [-0.25, -0.2) is 0 Å². The molecular weight excluding hydrogens is 815 g/mol. The van der Waals surface area contributed by atoms with Crippen LogP contribution in [-0.4, -0.2) is 4.57 Å². The summed E-state index contributed by atoms with van der Waals surface area (Å²) >= 11 is 1.91. The maximum atomic E-state index is 2.52. The molecule has 14 rings (SSSR count). The van der Waals surface area contributed by atoms with Gasteiger partial charge < -0.3 is 4.57 Å². The van der Waals surface area contributed by atoms with Crippen molar-refractivity contribution in [3.05, 3.63) is 237 Å². The molecule has 0 aliphatic carbocycles. The summed E-state index contributed by atoms with van der Waals surface area (Å²) in [7, 11) is 0. The van der Waals surface area contributed by atoms with E-state index in [0.29, 0.717) is 0 Å². The second-order valence-corrected chi connectivity index (χ2v) is 18.5. The third-order valence-corrected chi connectivity index (χ3v) is 15.2. The summed E-state index contributed by atoms with van der Waals surface area (Å²) < 4.78 is 5.13. The van der Waals surface area contributed by atoms with Gasteiger partial charge in [0.1, 0.15) is 0 Å². The van der Waals surface area contributed by atoms with Gasteiger partial charge in [0.15, 0.2) is 0 Å². The minimum Gasteiger partial charge on any atom is -0.308 e. The van der Waals surface area contributed by atoms with Crippen molar-refractivity contribution >= 4 is 96.4 Å². The Morgan fingerprint density at radius 1 is 0.258 bits per heavy atom. The molecule has 2 heterocycles. The summed E-state index contributed by atoms with van der Waals surface area (Å²) in [5, 5.41) is 15.2. The first-order valence-electron chi connectivity index (χ1n) is 22.8. The monoisotopic (exact) mass is 853 g/mol. The Balaban J connectivity index is 1.00. The van der Waals surface area contributed by atoms with Crippen molar-refractivity contribution in [1.82, 2.24) is 4.57 Å². The molecule has 14 aromatic rings. The number of rotatable bonds is 5. The number of para-hydroxylation sites is 1. The number of benzene rings is 12. The molecule has 0 saturated heterocycles. The van der Waals surface area contributed by atoms with Gasteiger partial charge in [0.05, 0.1) is 16.7 Å². The number of thiophene rings is 1. The maximum Gasteiger partial charge on any atom is 0.0619 e. The molecule has 0 radical (unpaired) electrons. The largest absolute Gasteiger partial charge is 0.308 e. The van der Waals surface area contributed by atoms with E-state index in [0.717, 1.165) is 0 Å². The van der Waals surface area contributed by atoms with Crippen LogP contribution in [0.15, 0.2) is 237 Å². The van der Waals surface area contributed by atoms with E-state index in [4.69, 9.17) is 0 Å². The quantitative estimate of drug-likeness (QED) is 0.152. The van der Waals surface area contributed by atoms with Crippen molar-refractivity contribution in [3.63, 3.8) is 0 Å². The molecule has 0 atom stereocenters.